The van der Waals surface area contributed by atoms with Crippen LogP contribution < -0.4 is 4.74 Å². The molecule has 0 amide bonds. The Morgan fingerprint density at radius 3 is 2.53 bits per heavy atom. The molecule has 0 N–H and O–H groups in total. The maximum absolute atomic E-state index is 5.38. The van der Waals surface area contributed by atoms with Crippen molar-refractivity contribution in [2.75, 3.05) is 27.7 Å². The Morgan fingerprint density at radius 1 is 1.32 bits per heavy atom. The summed E-state index contributed by atoms with van der Waals surface area (Å²) in [6.45, 7) is 8.11. The van der Waals surface area contributed by atoms with Gasteiger partial charge in [-0.25, -0.2) is 0 Å². The summed E-state index contributed by atoms with van der Waals surface area (Å²) in [6, 6.07) is 8.56. The number of hydrogen-bond acceptors (Lipinski definition) is 2. The lowest BCUT2D eigenvalue weighted by Crippen LogP contribution is -2.36. The first-order chi connectivity index (χ1) is 8.93. The molecule has 2 nitrogen and oxygen atoms in total. The number of methoxy groups -OCH3 is 1. The molecule has 19 heavy (non-hydrogen) atoms. The zero-order valence-corrected chi connectivity index (χ0v) is 13.4. The molecule has 0 radical (unpaired) electrons. The third-order valence-corrected chi connectivity index (χ3v) is 4.23. The second-order valence-electron chi connectivity index (χ2n) is 6.06. The van der Waals surface area contributed by atoms with Crippen molar-refractivity contribution in [2.45, 2.75) is 39.0 Å². The van der Waals surface area contributed by atoms with Crippen molar-refractivity contribution in [2.24, 2.45) is 5.92 Å². The van der Waals surface area contributed by atoms with E-state index >= 15 is 0 Å². The summed E-state index contributed by atoms with van der Waals surface area (Å²) in [5.74, 6) is 1.56. The average molecular weight is 263 g/mol. The van der Waals surface area contributed by atoms with Crippen LogP contribution in [0.25, 0.3) is 0 Å². The first-order valence-electron chi connectivity index (χ1n) is 7.23. The van der Waals surface area contributed by atoms with Gasteiger partial charge in [0.25, 0.3) is 0 Å². The van der Waals surface area contributed by atoms with Crippen LogP contribution in [0.1, 0.15) is 39.2 Å². The number of nitrogens with zero attached hydrogens (tertiary/aromatic N) is 1. The molecule has 1 aromatic rings. The van der Waals surface area contributed by atoms with Crippen molar-refractivity contribution in [1.29, 1.82) is 0 Å². The van der Waals surface area contributed by atoms with Crippen LogP contribution in [0.3, 0.4) is 0 Å². The Kier molecular flexibility index (Phi) is 5.86. The molecule has 0 saturated heterocycles. The molecule has 0 aliphatic rings. The van der Waals surface area contributed by atoms with Gasteiger partial charge in [-0.1, -0.05) is 39.3 Å². The van der Waals surface area contributed by atoms with Crippen molar-refractivity contribution in [1.82, 2.24) is 4.90 Å². The summed E-state index contributed by atoms with van der Waals surface area (Å²) in [5, 5.41) is 0. The molecule has 0 fully saturated rings. The van der Waals surface area contributed by atoms with E-state index in [2.05, 4.69) is 58.0 Å². The fraction of sp³-hybridized carbons (Fsp3) is 0.647. The highest BCUT2D eigenvalue weighted by atomic mass is 16.5. The number of ether oxygens (including phenoxy) is 1. The predicted molar refractivity (Wildman–Crippen MR) is 83.0 cm³/mol. The van der Waals surface area contributed by atoms with E-state index in [0.717, 1.165) is 12.3 Å². The summed E-state index contributed by atoms with van der Waals surface area (Å²) >= 11 is 0. The van der Waals surface area contributed by atoms with Gasteiger partial charge in [-0.2, -0.15) is 0 Å². The fourth-order valence-corrected chi connectivity index (χ4v) is 2.92. The molecule has 0 heterocycles. The van der Waals surface area contributed by atoms with Crippen LogP contribution in [0.4, 0.5) is 0 Å². The molecule has 108 valence electrons. The molecule has 0 aliphatic carbocycles. The fourth-order valence-electron chi connectivity index (χ4n) is 2.92. The van der Waals surface area contributed by atoms with Crippen LogP contribution in [0.5, 0.6) is 5.75 Å². The first kappa shape index (κ1) is 16.0. The van der Waals surface area contributed by atoms with E-state index in [1.807, 2.05) is 6.07 Å². The van der Waals surface area contributed by atoms with Crippen LogP contribution in [0.15, 0.2) is 24.3 Å². The van der Waals surface area contributed by atoms with E-state index in [9.17, 15) is 0 Å². The van der Waals surface area contributed by atoms with E-state index < -0.39 is 0 Å². The lowest BCUT2D eigenvalue weighted by Gasteiger charge is -2.38. The van der Waals surface area contributed by atoms with Crippen LogP contribution in [-0.4, -0.2) is 32.6 Å². The van der Waals surface area contributed by atoms with Gasteiger partial charge in [0.05, 0.1) is 7.11 Å². The lowest BCUT2D eigenvalue weighted by molar-refractivity contribution is 0.223. The Morgan fingerprint density at radius 2 is 2.00 bits per heavy atom. The minimum absolute atomic E-state index is 0.202. The second-order valence-corrected chi connectivity index (χ2v) is 6.06. The predicted octanol–water partition coefficient (Wildman–Crippen LogP) is 3.95. The normalized spacial score (nSPS) is 16.2. The summed E-state index contributed by atoms with van der Waals surface area (Å²) in [6.07, 6.45) is 2.40. The molecule has 1 unspecified atom stereocenters. The largest absolute Gasteiger partial charge is 0.497 e. The van der Waals surface area contributed by atoms with Crippen molar-refractivity contribution < 1.29 is 4.74 Å². The van der Waals surface area contributed by atoms with Gasteiger partial charge in [-0.05, 0) is 49.5 Å². The van der Waals surface area contributed by atoms with Crippen molar-refractivity contribution in [3.8, 4) is 5.75 Å². The monoisotopic (exact) mass is 263 g/mol. The van der Waals surface area contributed by atoms with Crippen LogP contribution in [-0.2, 0) is 5.41 Å². The maximum Gasteiger partial charge on any atom is 0.119 e. The zero-order chi connectivity index (χ0) is 14.5. The molecule has 1 rings (SSSR count). The van der Waals surface area contributed by atoms with Gasteiger partial charge in [0.1, 0.15) is 5.75 Å². The van der Waals surface area contributed by atoms with Gasteiger partial charge in [0.2, 0.25) is 0 Å². The molecule has 0 saturated carbocycles. The third kappa shape index (κ3) is 3.97. The van der Waals surface area contributed by atoms with Gasteiger partial charge in [-0.15, -0.1) is 0 Å². The quantitative estimate of drug-likeness (QED) is 0.738. The highest BCUT2D eigenvalue weighted by Gasteiger charge is 2.32. The van der Waals surface area contributed by atoms with Gasteiger partial charge >= 0.3 is 0 Å². The van der Waals surface area contributed by atoms with E-state index in [1.54, 1.807) is 7.11 Å². The molecular formula is C17H29NO. The second kappa shape index (κ2) is 6.95. The van der Waals surface area contributed by atoms with E-state index in [-0.39, 0.29) is 5.41 Å². The van der Waals surface area contributed by atoms with Gasteiger partial charge in [0.15, 0.2) is 0 Å². The number of hydrogen-bond donors (Lipinski definition) is 0. The number of rotatable bonds is 7. The standard InChI is InChI=1S/C17H29NO/c1-7-11-17(3,14(2)13-18(4)5)15-9-8-10-16(12-15)19-6/h8-10,12,14H,7,11,13H2,1-6H3/t14-,17?/m0/s1. The third-order valence-electron chi connectivity index (χ3n) is 4.23. The highest BCUT2D eigenvalue weighted by molar-refractivity contribution is 5.34. The first-order valence-corrected chi connectivity index (χ1v) is 7.23. The average Bonchev–Trinajstić information content (AvgIpc) is 2.38. The molecule has 0 aliphatic heterocycles. The Balaban J connectivity index is 3.08. The van der Waals surface area contributed by atoms with E-state index in [4.69, 9.17) is 4.74 Å². The molecule has 0 spiro atoms. The summed E-state index contributed by atoms with van der Waals surface area (Å²) in [4.78, 5) is 2.28. The maximum atomic E-state index is 5.38. The minimum Gasteiger partial charge on any atom is -0.497 e. The Bertz CT molecular complexity index is 389. The molecule has 0 aromatic heterocycles. The van der Waals surface area contributed by atoms with Gasteiger partial charge in [-0.3, -0.25) is 0 Å². The van der Waals surface area contributed by atoms with E-state index in [0.29, 0.717) is 5.92 Å². The van der Waals surface area contributed by atoms with Crippen molar-refractivity contribution >= 4 is 0 Å². The van der Waals surface area contributed by atoms with Crippen molar-refractivity contribution in [3.63, 3.8) is 0 Å². The smallest absolute Gasteiger partial charge is 0.119 e. The van der Waals surface area contributed by atoms with Crippen LogP contribution in [0, 0.1) is 5.92 Å². The Hall–Kier alpha value is -1.02. The van der Waals surface area contributed by atoms with Gasteiger partial charge < -0.3 is 9.64 Å². The summed E-state index contributed by atoms with van der Waals surface area (Å²) in [7, 11) is 6.03. The topological polar surface area (TPSA) is 12.5 Å². The van der Waals surface area contributed by atoms with Crippen molar-refractivity contribution in [3.05, 3.63) is 29.8 Å². The molecule has 2 atom stereocenters. The Labute approximate surface area is 118 Å². The van der Waals surface area contributed by atoms with Crippen LogP contribution >= 0.6 is 0 Å². The number of benzene rings is 1. The minimum atomic E-state index is 0.202. The SMILES string of the molecule is CCCC(C)(c1cccc(OC)c1)[C@@H](C)CN(C)C. The molecule has 1 aromatic carbocycles. The van der Waals surface area contributed by atoms with E-state index in [1.165, 1.54) is 18.4 Å². The molecule has 0 bridgehead atoms. The summed E-state index contributed by atoms with van der Waals surface area (Å²) < 4.78 is 5.38. The lowest BCUT2D eigenvalue weighted by atomic mass is 9.69. The molecular weight excluding hydrogens is 234 g/mol. The zero-order valence-electron chi connectivity index (χ0n) is 13.4. The van der Waals surface area contributed by atoms with Gasteiger partial charge in [0, 0.05) is 6.54 Å². The molecule has 2 heteroatoms. The summed E-state index contributed by atoms with van der Waals surface area (Å²) in [5.41, 5.74) is 1.59. The highest BCUT2D eigenvalue weighted by Crippen LogP contribution is 2.38. The van der Waals surface area contributed by atoms with Crippen LogP contribution in [0.2, 0.25) is 0 Å².